The van der Waals surface area contributed by atoms with E-state index in [0.717, 1.165) is 38.1 Å². The zero-order valence-electron chi connectivity index (χ0n) is 9.78. The topological polar surface area (TPSA) is 83.8 Å². The van der Waals surface area contributed by atoms with Gasteiger partial charge in [-0.2, -0.15) is 0 Å². The van der Waals surface area contributed by atoms with Crippen LogP contribution in [0.3, 0.4) is 0 Å². The largest absolute Gasteiger partial charge is 0.370 e. The van der Waals surface area contributed by atoms with Gasteiger partial charge in [0.25, 0.3) is 5.56 Å². The van der Waals surface area contributed by atoms with Gasteiger partial charge in [-0.15, -0.1) is 0 Å². The minimum atomic E-state index is -0.0605. The van der Waals surface area contributed by atoms with E-state index in [4.69, 9.17) is 5.73 Å². The first-order valence-corrected chi connectivity index (χ1v) is 6.31. The molecule has 4 N–H and O–H groups in total. The minimum absolute atomic E-state index is 0.0605. The molecule has 0 atom stereocenters. The molecule has 0 saturated heterocycles. The third kappa shape index (κ3) is 2.49. The van der Waals surface area contributed by atoms with Gasteiger partial charge in [-0.3, -0.25) is 4.79 Å². The quantitative estimate of drug-likeness (QED) is 0.719. The third-order valence-corrected chi connectivity index (χ3v) is 3.57. The van der Waals surface area contributed by atoms with Gasteiger partial charge in [-0.1, -0.05) is 0 Å². The molecule has 2 fully saturated rings. The summed E-state index contributed by atoms with van der Waals surface area (Å²) in [7, 11) is 0. The summed E-state index contributed by atoms with van der Waals surface area (Å²) >= 11 is 0. The molecule has 0 spiro atoms. The summed E-state index contributed by atoms with van der Waals surface area (Å²) in [6, 6.07) is 1.90. The number of aromatic nitrogens is 2. The lowest BCUT2D eigenvalue weighted by Crippen LogP contribution is -2.39. The molecule has 1 aromatic heterocycles. The van der Waals surface area contributed by atoms with Crippen LogP contribution in [-0.2, 0) is 0 Å². The Hall–Kier alpha value is -1.36. The Morgan fingerprint density at radius 1 is 1.47 bits per heavy atom. The van der Waals surface area contributed by atoms with Crippen molar-refractivity contribution in [1.82, 2.24) is 9.97 Å². The smallest absolute Gasteiger partial charge is 0.252 e. The molecule has 2 saturated carbocycles. The monoisotopic (exact) mass is 234 g/mol. The van der Waals surface area contributed by atoms with Crippen molar-refractivity contribution in [3.63, 3.8) is 0 Å². The average molecular weight is 234 g/mol. The number of hydrogen-bond donors (Lipinski definition) is 3. The summed E-state index contributed by atoms with van der Waals surface area (Å²) in [6.45, 7) is 0.869. The van der Waals surface area contributed by atoms with E-state index in [-0.39, 0.29) is 5.56 Å². The van der Waals surface area contributed by atoms with Crippen molar-refractivity contribution in [3.05, 3.63) is 22.2 Å². The molecule has 92 valence electrons. The first kappa shape index (κ1) is 10.8. The van der Waals surface area contributed by atoms with Gasteiger partial charge in [0.05, 0.1) is 0 Å². The molecule has 0 amide bonds. The van der Waals surface area contributed by atoms with E-state index in [9.17, 15) is 4.79 Å². The van der Waals surface area contributed by atoms with Gasteiger partial charge in [-0.25, -0.2) is 4.98 Å². The molecule has 2 aliphatic carbocycles. The van der Waals surface area contributed by atoms with Crippen molar-refractivity contribution in [2.75, 3.05) is 11.9 Å². The normalized spacial score (nSPS) is 27.6. The summed E-state index contributed by atoms with van der Waals surface area (Å²) in [5.74, 6) is 2.65. The lowest BCUT2D eigenvalue weighted by atomic mass is 9.81. The molecule has 1 aromatic rings. The van der Waals surface area contributed by atoms with E-state index in [1.807, 2.05) is 0 Å². The number of nitrogens with one attached hydrogen (secondary N) is 2. The molecule has 3 rings (SSSR count). The third-order valence-electron chi connectivity index (χ3n) is 3.57. The fraction of sp³-hybridized carbons (Fsp3) is 0.667. The van der Waals surface area contributed by atoms with E-state index in [1.54, 1.807) is 0 Å². The van der Waals surface area contributed by atoms with Crippen LogP contribution in [0.2, 0.25) is 0 Å². The molecular weight excluding hydrogens is 216 g/mol. The average Bonchev–Trinajstić information content (AvgIpc) is 3.05. The summed E-state index contributed by atoms with van der Waals surface area (Å²) in [5.41, 5.74) is 5.68. The second kappa shape index (κ2) is 4.14. The number of hydrogen-bond acceptors (Lipinski definition) is 4. The number of nitrogens with zero attached hydrogens (tertiary/aromatic N) is 1. The van der Waals surface area contributed by atoms with E-state index in [1.165, 1.54) is 6.07 Å². The van der Waals surface area contributed by atoms with E-state index in [0.29, 0.717) is 23.7 Å². The molecular formula is C12H18N4O. The van der Waals surface area contributed by atoms with Gasteiger partial charge in [0.1, 0.15) is 11.6 Å². The van der Waals surface area contributed by atoms with Crippen molar-refractivity contribution >= 4 is 5.82 Å². The lowest BCUT2D eigenvalue weighted by Gasteiger charge is -2.32. The Bertz CT molecular complexity index is 460. The Morgan fingerprint density at radius 2 is 2.24 bits per heavy atom. The van der Waals surface area contributed by atoms with E-state index in [2.05, 4.69) is 15.3 Å². The fourth-order valence-electron chi connectivity index (χ4n) is 2.32. The van der Waals surface area contributed by atoms with Gasteiger partial charge in [0.15, 0.2) is 0 Å². The highest BCUT2D eigenvalue weighted by atomic mass is 16.1. The highest BCUT2D eigenvalue weighted by molar-refractivity contribution is 5.34. The van der Waals surface area contributed by atoms with Crippen molar-refractivity contribution in [3.8, 4) is 0 Å². The van der Waals surface area contributed by atoms with Crippen LogP contribution in [0.1, 0.15) is 37.4 Å². The van der Waals surface area contributed by atoms with Crippen molar-refractivity contribution in [2.45, 2.75) is 37.6 Å². The zero-order valence-corrected chi connectivity index (χ0v) is 9.78. The number of rotatable bonds is 4. The molecule has 0 aliphatic heterocycles. The van der Waals surface area contributed by atoms with Crippen molar-refractivity contribution in [2.24, 2.45) is 11.7 Å². The van der Waals surface area contributed by atoms with Crippen LogP contribution >= 0.6 is 0 Å². The first-order chi connectivity index (χ1) is 8.20. The Morgan fingerprint density at radius 3 is 2.88 bits per heavy atom. The second-order valence-electron chi connectivity index (χ2n) is 5.27. The predicted molar refractivity (Wildman–Crippen MR) is 66.0 cm³/mol. The van der Waals surface area contributed by atoms with Crippen LogP contribution in [0.15, 0.2) is 10.9 Å². The molecule has 1 heterocycles. The highest BCUT2D eigenvalue weighted by Gasteiger charge is 2.27. The predicted octanol–water partition coefficient (Wildman–Crippen LogP) is 0.796. The molecule has 0 unspecified atom stereocenters. The van der Waals surface area contributed by atoms with Crippen LogP contribution < -0.4 is 16.6 Å². The second-order valence-corrected chi connectivity index (χ2v) is 5.27. The first-order valence-electron chi connectivity index (χ1n) is 6.31. The van der Waals surface area contributed by atoms with Crippen molar-refractivity contribution < 1.29 is 0 Å². The molecule has 5 nitrogen and oxygen atoms in total. The van der Waals surface area contributed by atoms with E-state index >= 15 is 0 Å². The summed E-state index contributed by atoms with van der Waals surface area (Å²) in [5, 5.41) is 3.24. The van der Waals surface area contributed by atoms with Crippen LogP contribution in [0.4, 0.5) is 5.82 Å². The van der Waals surface area contributed by atoms with Gasteiger partial charge in [-0.05, 0) is 31.6 Å². The highest BCUT2D eigenvalue weighted by Crippen LogP contribution is 2.37. The van der Waals surface area contributed by atoms with Crippen LogP contribution in [0, 0.1) is 5.92 Å². The van der Waals surface area contributed by atoms with Crippen LogP contribution in [-0.4, -0.2) is 22.6 Å². The molecule has 2 aliphatic rings. The fourth-order valence-corrected chi connectivity index (χ4v) is 2.32. The maximum Gasteiger partial charge on any atom is 0.252 e. The molecule has 0 bridgehead atoms. The number of aromatic amines is 1. The number of nitrogens with two attached hydrogens (primary N) is 1. The summed E-state index contributed by atoms with van der Waals surface area (Å²) < 4.78 is 0. The lowest BCUT2D eigenvalue weighted by molar-refractivity contribution is 0.280. The zero-order chi connectivity index (χ0) is 11.8. The standard InChI is InChI=1S/C12H18N4O/c13-9-3-7(4-9)6-14-10-5-11(17)16-12(15-10)8-1-2-8/h5,7-9H,1-4,6,13H2,(H2,14,15,16,17). The molecule has 0 aromatic carbocycles. The van der Waals surface area contributed by atoms with Gasteiger partial charge in [0.2, 0.25) is 0 Å². The number of anilines is 1. The van der Waals surface area contributed by atoms with Gasteiger partial charge < -0.3 is 16.0 Å². The maximum absolute atomic E-state index is 11.5. The Labute approximate surface area is 99.8 Å². The molecule has 17 heavy (non-hydrogen) atoms. The van der Waals surface area contributed by atoms with Gasteiger partial charge in [0, 0.05) is 24.6 Å². The summed E-state index contributed by atoms with van der Waals surface area (Å²) in [6.07, 6.45) is 4.44. The minimum Gasteiger partial charge on any atom is -0.370 e. The molecule has 0 radical (unpaired) electrons. The van der Waals surface area contributed by atoms with Crippen molar-refractivity contribution in [1.29, 1.82) is 0 Å². The van der Waals surface area contributed by atoms with Crippen LogP contribution in [0.5, 0.6) is 0 Å². The Kier molecular flexibility index (Phi) is 2.63. The molecule has 5 heteroatoms. The van der Waals surface area contributed by atoms with E-state index < -0.39 is 0 Å². The van der Waals surface area contributed by atoms with Crippen LogP contribution in [0.25, 0.3) is 0 Å². The van der Waals surface area contributed by atoms with Gasteiger partial charge >= 0.3 is 0 Å². The SMILES string of the molecule is NC1CC(CNc2cc(=O)[nH]c(C3CC3)n2)C1. The maximum atomic E-state index is 11.5. The number of H-pyrrole nitrogens is 1. The Balaban J connectivity index is 1.63. The summed E-state index contributed by atoms with van der Waals surface area (Å²) in [4.78, 5) is 18.7.